The van der Waals surface area contributed by atoms with E-state index in [1.807, 2.05) is 0 Å². The van der Waals surface area contributed by atoms with Crippen molar-refractivity contribution in [2.45, 2.75) is 13.8 Å². The molecule has 2 rings (SSSR count). The summed E-state index contributed by atoms with van der Waals surface area (Å²) in [7, 11) is 0. The summed E-state index contributed by atoms with van der Waals surface area (Å²) >= 11 is 5.93. The predicted octanol–water partition coefficient (Wildman–Crippen LogP) is 2.65. The maximum atomic E-state index is 11.8. The Balaban J connectivity index is 1.99. The Morgan fingerprint density at radius 2 is 2.00 bits per heavy atom. The van der Waals surface area contributed by atoms with Gasteiger partial charge < -0.3 is 20.5 Å². The molecule has 0 aliphatic carbocycles. The summed E-state index contributed by atoms with van der Waals surface area (Å²) in [4.78, 5) is 23.0. The molecule has 0 aliphatic rings. The number of carbonyl (C=O) groups excluding carboxylic acids is 2. The van der Waals surface area contributed by atoms with E-state index >= 15 is 0 Å². The van der Waals surface area contributed by atoms with Crippen LogP contribution >= 0.6 is 11.6 Å². The molecule has 1 heterocycles. The topological polar surface area (TPSA) is 96.3 Å². The van der Waals surface area contributed by atoms with Crippen molar-refractivity contribution >= 4 is 40.6 Å². The van der Waals surface area contributed by atoms with Gasteiger partial charge in [0.2, 0.25) is 11.8 Å². The molecule has 0 atom stereocenters. The molecule has 2 aromatic rings. The molecular formula is C14H15ClN4O3. The van der Waals surface area contributed by atoms with Crippen LogP contribution in [0.1, 0.15) is 12.7 Å². The molecule has 0 bridgehead atoms. The number of hydrogen-bond acceptors (Lipinski definition) is 5. The van der Waals surface area contributed by atoms with Crippen molar-refractivity contribution in [2.75, 3.05) is 22.5 Å². The number of nitrogens with one attached hydrogen (secondary N) is 3. The fourth-order valence-electron chi connectivity index (χ4n) is 1.75. The number of hydrogen-bond donors (Lipinski definition) is 3. The Morgan fingerprint density at radius 3 is 2.64 bits per heavy atom. The Morgan fingerprint density at radius 1 is 1.23 bits per heavy atom. The zero-order chi connectivity index (χ0) is 16.1. The normalized spacial score (nSPS) is 10.1. The summed E-state index contributed by atoms with van der Waals surface area (Å²) in [6.07, 6.45) is 0. The van der Waals surface area contributed by atoms with Gasteiger partial charge in [-0.1, -0.05) is 16.8 Å². The first-order valence-corrected chi connectivity index (χ1v) is 6.86. The number of anilines is 3. The number of aryl methyl sites for hydroxylation is 1. The molecule has 3 N–H and O–H groups in total. The van der Waals surface area contributed by atoms with E-state index in [1.165, 1.54) is 6.92 Å². The Hall–Kier alpha value is -2.54. The van der Waals surface area contributed by atoms with E-state index in [1.54, 1.807) is 31.2 Å². The van der Waals surface area contributed by atoms with E-state index in [-0.39, 0.29) is 18.4 Å². The third-order valence-corrected chi connectivity index (χ3v) is 2.86. The van der Waals surface area contributed by atoms with Crippen molar-refractivity contribution < 1.29 is 14.1 Å². The van der Waals surface area contributed by atoms with Gasteiger partial charge in [-0.25, -0.2) is 0 Å². The Labute approximate surface area is 132 Å². The van der Waals surface area contributed by atoms with Crippen LogP contribution in [0.4, 0.5) is 17.2 Å². The van der Waals surface area contributed by atoms with Gasteiger partial charge in [0.1, 0.15) is 5.76 Å². The minimum atomic E-state index is -0.304. The molecule has 0 aliphatic heterocycles. The number of amides is 2. The predicted molar refractivity (Wildman–Crippen MR) is 84.1 cm³/mol. The highest BCUT2D eigenvalue weighted by Gasteiger charge is 2.09. The van der Waals surface area contributed by atoms with Gasteiger partial charge in [-0.2, -0.15) is 0 Å². The molecule has 1 aromatic carbocycles. The fraction of sp³-hybridized carbons (Fsp3) is 0.214. The minimum absolute atomic E-state index is 0.0150. The SMILES string of the molecule is CC(=O)Nc1ccc(Cl)cc1NCC(=O)Nc1cc(C)on1. The van der Waals surface area contributed by atoms with Crippen LogP contribution in [0.15, 0.2) is 28.8 Å². The van der Waals surface area contributed by atoms with Crippen LogP contribution in [0.2, 0.25) is 5.02 Å². The van der Waals surface area contributed by atoms with Gasteiger partial charge in [0, 0.05) is 18.0 Å². The lowest BCUT2D eigenvalue weighted by atomic mass is 10.2. The standard InChI is InChI=1S/C14H15ClN4O3/c1-8-5-13(19-22-8)18-14(21)7-16-12-6-10(15)3-4-11(12)17-9(2)20/h3-6,16H,7H2,1-2H3,(H,17,20)(H,18,19,21). The maximum Gasteiger partial charge on any atom is 0.244 e. The lowest BCUT2D eigenvalue weighted by Gasteiger charge is -2.12. The van der Waals surface area contributed by atoms with Crippen LogP contribution in [0, 0.1) is 6.92 Å². The number of halogens is 1. The summed E-state index contributed by atoms with van der Waals surface area (Å²) < 4.78 is 4.86. The van der Waals surface area contributed by atoms with Crippen molar-refractivity contribution in [2.24, 2.45) is 0 Å². The molecule has 7 nitrogen and oxygen atoms in total. The number of carbonyl (C=O) groups is 2. The van der Waals surface area contributed by atoms with Crippen LogP contribution in [-0.4, -0.2) is 23.5 Å². The van der Waals surface area contributed by atoms with Gasteiger partial charge >= 0.3 is 0 Å². The second kappa shape index (κ2) is 6.95. The molecule has 2 amide bonds. The fourth-order valence-corrected chi connectivity index (χ4v) is 1.92. The van der Waals surface area contributed by atoms with E-state index < -0.39 is 0 Å². The van der Waals surface area contributed by atoms with Crippen LogP contribution in [0.3, 0.4) is 0 Å². The van der Waals surface area contributed by atoms with Crippen molar-refractivity contribution in [1.29, 1.82) is 0 Å². The van der Waals surface area contributed by atoms with Crippen molar-refractivity contribution in [3.8, 4) is 0 Å². The third kappa shape index (κ3) is 4.49. The monoisotopic (exact) mass is 322 g/mol. The molecular weight excluding hydrogens is 308 g/mol. The average molecular weight is 323 g/mol. The lowest BCUT2D eigenvalue weighted by Crippen LogP contribution is -2.22. The van der Waals surface area contributed by atoms with Crippen molar-refractivity contribution in [3.63, 3.8) is 0 Å². The van der Waals surface area contributed by atoms with Crippen molar-refractivity contribution in [3.05, 3.63) is 35.0 Å². The molecule has 0 spiro atoms. The summed E-state index contributed by atoms with van der Waals surface area (Å²) in [5.74, 6) is 0.429. The molecule has 8 heteroatoms. The van der Waals surface area contributed by atoms with E-state index in [4.69, 9.17) is 16.1 Å². The number of rotatable bonds is 5. The molecule has 0 unspecified atom stereocenters. The molecule has 0 saturated carbocycles. The van der Waals surface area contributed by atoms with E-state index in [9.17, 15) is 9.59 Å². The number of aromatic nitrogens is 1. The van der Waals surface area contributed by atoms with Crippen LogP contribution in [0.25, 0.3) is 0 Å². The molecule has 0 saturated heterocycles. The van der Waals surface area contributed by atoms with Crippen LogP contribution < -0.4 is 16.0 Å². The Bertz CT molecular complexity index is 699. The smallest absolute Gasteiger partial charge is 0.244 e. The molecule has 22 heavy (non-hydrogen) atoms. The quantitative estimate of drug-likeness (QED) is 0.786. The van der Waals surface area contributed by atoms with Gasteiger partial charge in [-0.3, -0.25) is 9.59 Å². The second-order valence-corrected chi connectivity index (χ2v) is 5.03. The second-order valence-electron chi connectivity index (χ2n) is 4.60. The van der Waals surface area contributed by atoms with Gasteiger partial charge in [-0.05, 0) is 25.1 Å². The molecule has 116 valence electrons. The molecule has 1 aromatic heterocycles. The van der Waals surface area contributed by atoms with Crippen molar-refractivity contribution in [1.82, 2.24) is 5.16 Å². The minimum Gasteiger partial charge on any atom is -0.374 e. The third-order valence-electron chi connectivity index (χ3n) is 2.63. The first-order chi connectivity index (χ1) is 10.4. The first-order valence-electron chi connectivity index (χ1n) is 6.48. The zero-order valence-corrected chi connectivity index (χ0v) is 12.8. The van der Waals surface area contributed by atoms with E-state index in [2.05, 4.69) is 21.1 Å². The van der Waals surface area contributed by atoms with Gasteiger partial charge in [0.05, 0.1) is 17.9 Å². The summed E-state index contributed by atoms with van der Waals surface area (Å²) in [5, 5.41) is 12.3. The van der Waals surface area contributed by atoms with Gasteiger partial charge in [-0.15, -0.1) is 0 Å². The van der Waals surface area contributed by atoms with E-state index in [0.29, 0.717) is 28.0 Å². The molecule has 0 radical (unpaired) electrons. The highest BCUT2D eigenvalue weighted by molar-refractivity contribution is 6.31. The summed E-state index contributed by atoms with van der Waals surface area (Å²) in [5.41, 5.74) is 1.09. The molecule has 0 fully saturated rings. The largest absolute Gasteiger partial charge is 0.374 e. The maximum absolute atomic E-state index is 11.8. The number of nitrogens with zero attached hydrogens (tertiary/aromatic N) is 1. The highest BCUT2D eigenvalue weighted by Crippen LogP contribution is 2.25. The van der Waals surface area contributed by atoms with Crippen LogP contribution in [-0.2, 0) is 9.59 Å². The Kier molecular flexibility index (Phi) is 5.00. The first kappa shape index (κ1) is 15.8. The highest BCUT2D eigenvalue weighted by atomic mass is 35.5. The average Bonchev–Trinajstić information content (AvgIpc) is 2.84. The zero-order valence-electron chi connectivity index (χ0n) is 12.1. The van der Waals surface area contributed by atoms with Crippen LogP contribution in [0.5, 0.6) is 0 Å². The summed E-state index contributed by atoms with van der Waals surface area (Å²) in [6, 6.07) is 6.54. The lowest BCUT2D eigenvalue weighted by molar-refractivity contribution is -0.115. The van der Waals surface area contributed by atoms with Gasteiger partial charge in [0.25, 0.3) is 0 Å². The summed E-state index contributed by atoms with van der Waals surface area (Å²) in [6.45, 7) is 3.11. The van der Waals surface area contributed by atoms with Gasteiger partial charge in [0.15, 0.2) is 5.82 Å². The van der Waals surface area contributed by atoms with E-state index in [0.717, 1.165) is 0 Å². The number of benzene rings is 1.